The van der Waals surface area contributed by atoms with E-state index in [1.54, 1.807) is 6.07 Å². The van der Waals surface area contributed by atoms with Crippen LogP contribution < -0.4 is 0 Å². The highest BCUT2D eigenvalue weighted by Crippen LogP contribution is 2.26. The van der Waals surface area contributed by atoms with Crippen LogP contribution in [0.3, 0.4) is 0 Å². The number of rotatable bonds is 5. The summed E-state index contributed by atoms with van der Waals surface area (Å²) in [6, 6.07) is 12.3. The summed E-state index contributed by atoms with van der Waals surface area (Å²) in [5, 5.41) is 26.7. The number of nitrogens with zero attached hydrogens (tertiary/aromatic N) is 2. The Morgan fingerprint density at radius 2 is 1.86 bits per heavy atom. The third-order valence-corrected chi connectivity index (χ3v) is 3.05. The van der Waals surface area contributed by atoms with Crippen molar-refractivity contribution in [2.75, 3.05) is 0 Å². The minimum Gasteiger partial charge on any atom is -0.508 e. The van der Waals surface area contributed by atoms with Gasteiger partial charge in [-0.3, -0.25) is 4.79 Å². The molecular weight excluding hydrogens is 268 g/mol. The maximum atomic E-state index is 10.7. The Balaban J connectivity index is 2.27. The first-order valence-corrected chi connectivity index (χ1v) is 6.63. The fourth-order valence-corrected chi connectivity index (χ4v) is 1.96. The van der Waals surface area contributed by atoms with E-state index in [9.17, 15) is 9.90 Å². The molecule has 0 unspecified atom stereocenters. The van der Waals surface area contributed by atoms with E-state index < -0.39 is 5.97 Å². The number of aromatic hydroxyl groups is 1. The topological polar surface area (TPSA) is 82.2 Å². The molecule has 0 spiro atoms. The molecule has 2 aromatic rings. The van der Waals surface area contributed by atoms with E-state index in [0.29, 0.717) is 11.3 Å². The van der Waals surface area contributed by atoms with E-state index in [1.807, 2.05) is 31.2 Å². The van der Waals surface area contributed by atoms with E-state index in [0.717, 1.165) is 17.7 Å². The van der Waals surface area contributed by atoms with E-state index in [4.69, 9.17) is 5.11 Å². The van der Waals surface area contributed by atoms with E-state index in [-0.39, 0.29) is 12.2 Å². The van der Waals surface area contributed by atoms with Crippen molar-refractivity contribution in [2.45, 2.75) is 19.8 Å². The molecule has 108 valence electrons. The van der Waals surface area contributed by atoms with Gasteiger partial charge >= 0.3 is 5.97 Å². The molecule has 2 rings (SSSR count). The smallest absolute Gasteiger partial charge is 0.307 e. The minimum absolute atomic E-state index is 0.0506. The summed E-state index contributed by atoms with van der Waals surface area (Å²) < 4.78 is 0. The number of phenols is 1. The Morgan fingerprint density at radius 1 is 1.10 bits per heavy atom. The average Bonchev–Trinajstić information content (AvgIpc) is 2.48. The van der Waals surface area contributed by atoms with Crippen LogP contribution in [0, 0.1) is 0 Å². The van der Waals surface area contributed by atoms with Crippen molar-refractivity contribution in [3.05, 3.63) is 53.6 Å². The van der Waals surface area contributed by atoms with Crippen LogP contribution in [0.4, 0.5) is 11.4 Å². The van der Waals surface area contributed by atoms with Crippen LogP contribution in [0.5, 0.6) is 5.75 Å². The molecule has 0 radical (unpaired) electrons. The number of hydrogen-bond acceptors (Lipinski definition) is 4. The first kappa shape index (κ1) is 14.7. The van der Waals surface area contributed by atoms with Crippen LogP contribution in [0.1, 0.15) is 18.1 Å². The predicted octanol–water partition coefficient (Wildman–Crippen LogP) is 4.00. The van der Waals surface area contributed by atoms with Gasteiger partial charge in [-0.15, -0.1) is 0 Å². The van der Waals surface area contributed by atoms with Crippen molar-refractivity contribution in [1.29, 1.82) is 0 Å². The first-order valence-electron chi connectivity index (χ1n) is 6.63. The molecule has 0 saturated carbocycles. The number of aryl methyl sites for hydroxylation is 1. The molecule has 0 saturated heterocycles. The van der Waals surface area contributed by atoms with Crippen LogP contribution in [-0.2, 0) is 17.6 Å². The van der Waals surface area contributed by atoms with Gasteiger partial charge in [0.15, 0.2) is 0 Å². The lowest BCUT2D eigenvalue weighted by Crippen LogP contribution is -1.99. The molecule has 0 fully saturated rings. The van der Waals surface area contributed by atoms with Crippen LogP contribution >= 0.6 is 0 Å². The summed E-state index contributed by atoms with van der Waals surface area (Å²) in [5.74, 6) is -1.05. The number of carboxylic acid groups (broad SMARTS) is 1. The predicted molar refractivity (Wildman–Crippen MR) is 79.4 cm³/mol. The zero-order valence-electron chi connectivity index (χ0n) is 11.7. The fourth-order valence-electron chi connectivity index (χ4n) is 1.96. The maximum Gasteiger partial charge on any atom is 0.307 e. The lowest BCUT2D eigenvalue weighted by atomic mass is 10.1. The monoisotopic (exact) mass is 284 g/mol. The van der Waals surface area contributed by atoms with Crippen LogP contribution in [0.2, 0.25) is 0 Å². The third-order valence-electron chi connectivity index (χ3n) is 3.05. The zero-order chi connectivity index (χ0) is 15.2. The van der Waals surface area contributed by atoms with Gasteiger partial charge in [0.05, 0.1) is 17.8 Å². The Morgan fingerprint density at radius 3 is 2.57 bits per heavy atom. The number of aliphatic carboxylic acids is 1. The summed E-state index contributed by atoms with van der Waals surface area (Å²) in [4.78, 5) is 10.7. The van der Waals surface area contributed by atoms with Crippen LogP contribution in [0.25, 0.3) is 0 Å². The Bertz CT molecular complexity index is 681. The quantitative estimate of drug-likeness (QED) is 0.814. The van der Waals surface area contributed by atoms with Gasteiger partial charge in [0.1, 0.15) is 5.75 Å². The number of carboxylic acids is 1. The summed E-state index contributed by atoms with van der Waals surface area (Å²) in [6.07, 6.45) is 0.607. The molecule has 21 heavy (non-hydrogen) atoms. The van der Waals surface area contributed by atoms with Crippen LogP contribution in [-0.4, -0.2) is 16.2 Å². The largest absolute Gasteiger partial charge is 0.508 e. The zero-order valence-corrected chi connectivity index (χ0v) is 11.7. The fraction of sp³-hybridized carbons (Fsp3) is 0.188. The molecule has 0 heterocycles. The van der Waals surface area contributed by atoms with Crippen molar-refractivity contribution in [2.24, 2.45) is 10.2 Å². The standard InChI is InChI=1S/C16H16N2O3/c1-2-11-5-3-4-6-14(11)18-17-13-7-8-15(19)12(9-13)10-16(20)21/h3-9,19H,2,10H2,1H3,(H,20,21). The van der Waals surface area contributed by atoms with E-state index in [2.05, 4.69) is 10.2 Å². The van der Waals surface area contributed by atoms with E-state index in [1.165, 1.54) is 12.1 Å². The summed E-state index contributed by atoms with van der Waals surface area (Å²) in [6.45, 7) is 2.04. The highest BCUT2D eigenvalue weighted by molar-refractivity contribution is 5.72. The third kappa shape index (κ3) is 3.89. The highest BCUT2D eigenvalue weighted by Gasteiger charge is 2.07. The number of carbonyl (C=O) groups is 1. The molecular formula is C16H16N2O3. The first-order chi connectivity index (χ1) is 10.1. The van der Waals surface area contributed by atoms with Gasteiger partial charge in [-0.1, -0.05) is 25.1 Å². The number of phenolic OH excluding ortho intramolecular Hbond substituents is 1. The Kier molecular flexibility index (Phi) is 4.66. The maximum absolute atomic E-state index is 10.7. The summed E-state index contributed by atoms with van der Waals surface area (Å²) in [7, 11) is 0. The normalized spacial score (nSPS) is 10.9. The summed E-state index contributed by atoms with van der Waals surface area (Å²) >= 11 is 0. The van der Waals surface area contributed by atoms with Crippen molar-refractivity contribution >= 4 is 17.3 Å². The molecule has 2 N–H and O–H groups in total. The van der Waals surface area contributed by atoms with Gasteiger partial charge in [0.25, 0.3) is 0 Å². The molecule has 0 atom stereocenters. The second kappa shape index (κ2) is 6.65. The van der Waals surface area contributed by atoms with Crippen molar-refractivity contribution in [3.8, 4) is 5.75 Å². The molecule has 0 aromatic heterocycles. The molecule has 5 nitrogen and oxygen atoms in total. The number of azo groups is 1. The molecule has 5 heteroatoms. The lowest BCUT2D eigenvalue weighted by Gasteiger charge is -2.03. The summed E-state index contributed by atoms with van der Waals surface area (Å²) in [5.41, 5.74) is 2.70. The van der Waals surface area contributed by atoms with Gasteiger partial charge < -0.3 is 10.2 Å². The second-order valence-corrected chi connectivity index (χ2v) is 4.57. The van der Waals surface area contributed by atoms with Crippen molar-refractivity contribution in [3.63, 3.8) is 0 Å². The van der Waals surface area contributed by atoms with Crippen molar-refractivity contribution < 1.29 is 15.0 Å². The number of hydrogen-bond donors (Lipinski definition) is 2. The Labute approximate surface area is 122 Å². The second-order valence-electron chi connectivity index (χ2n) is 4.57. The molecule has 2 aromatic carbocycles. The van der Waals surface area contributed by atoms with Gasteiger partial charge in [0.2, 0.25) is 0 Å². The van der Waals surface area contributed by atoms with Gasteiger partial charge in [-0.05, 0) is 36.2 Å². The van der Waals surface area contributed by atoms with Gasteiger partial charge in [-0.25, -0.2) is 0 Å². The number of benzene rings is 2. The van der Waals surface area contributed by atoms with Crippen molar-refractivity contribution in [1.82, 2.24) is 0 Å². The van der Waals surface area contributed by atoms with E-state index >= 15 is 0 Å². The lowest BCUT2D eigenvalue weighted by molar-refractivity contribution is -0.136. The molecule has 0 bridgehead atoms. The van der Waals surface area contributed by atoms with Crippen LogP contribution in [0.15, 0.2) is 52.7 Å². The molecule has 0 aliphatic rings. The molecule has 0 amide bonds. The molecule has 0 aliphatic carbocycles. The Hall–Kier alpha value is -2.69. The highest BCUT2D eigenvalue weighted by atomic mass is 16.4. The minimum atomic E-state index is -1.00. The SMILES string of the molecule is CCc1ccccc1N=Nc1ccc(O)c(CC(=O)O)c1. The molecule has 0 aliphatic heterocycles. The van der Waals surface area contributed by atoms with Gasteiger partial charge in [-0.2, -0.15) is 10.2 Å². The average molecular weight is 284 g/mol. The van der Waals surface area contributed by atoms with Gasteiger partial charge in [0, 0.05) is 5.56 Å².